The molecule has 0 radical (unpaired) electrons. The molecule has 2 aromatic carbocycles. The summed E-state index contributed by atoms with van der Waals surface area (Å²) in [4.78, 5) is 15.4. The van der Waals surface area contributed by atoms with Crippen molar-refractivity contribution in [1.29, 1.82) is 5.26 Å². The number of aromatic amines is 1. The molecule has 0 aliphatic heterocycles. The lowest BCUT2D eigenvalue weighted by molar-refractivity contribution is -0.117. The number of aryl methyl sites for hydroxylation is 1. The molecule has 0 unspecified atom stereocenters. The first-order valence-electron chi connectivity index (χ1n) is 8.38. The molecule has 5 heteroatoms. The van der Waals surface area contributed by atoms with E-state index in [9.17, 15) is 10.1 Å². The van der Waals surface area contributed by atoms with Gasteiger partial charge in [-0.1, -0.05) is 46.3 Å². The smallest absolute Gasteiger partial charge is 0.261 e. The quantitative estimate of drug-likeness (QED) is 0.356. The Hall–Kier alpha value is -2.84. The average molecular weight is 408 g/mol. The first kappa shape index (κ1) is 18.0. The van der Waals surface area contributed by atoms with Gasteiger partial charge in [0.05, 0.1) is 0 Å². The lowest BCUT2D eigenvalue weighted by Crippen LogP contribution is -2.25. The molecule has 0 saturated heterocycles. The molecule has 0 fully saturated rings. The number of carbonyl (C=O) groups excluding carboxylic acids is 1. The van der Waals surface area contributed by atoms with Crippen molar-refractivity contribution in [3.05, 3.63) is 75.9 Å². The van der Waals surface area contributed by atoms with Crippen LogP contribution in [0.4, 0.5) is 0 Å². The Morgan fingerprint density at radius 1 is 1.23 bits per heavy atom. The van der Waals surface area contributed by atoms with E-state index in [0.29, 0.717) is 6.54 Å². The number of fused-ring (bicyclic) bond motifs is 1. The van der Waals surface area contributed by atoms with Crippen molar-refractivity contribution in [2.75, 3.05) is 6.54 Å². The van der Waals surface area contributed by atoms with E-state index in [4.69, 9.17) is 0 Å². The Balaban J connectivity index is 1.64. The van der Waals surface area contributed by atoms with Crippen molar-refractivity contribution >= 4 is 38.8 Å². The summed E-state index contributed by atoms with van der Waals surface area (Å²) in [6.07, 6.45) is 5.15. The predicted molar refractivity (Wildman–Crippen MR) is 107 cm³/mol. The lowest BCUT2D eigenvalue weighted by Gasteiger charge is -2.04. The van der Waals surface area contributed by atoms with Gasteiger partial charge in [-0.25, -0.2) is 0 Å². The zero-order valence-electron chi connectivity index (χ0n) is 14.1. The molecule has 0 aliphatic carbocycles. The molecule has 26 heavy (non-hydrogen) atoms. The SMILES string of the molecule is N#C/C(=C/c1c[nH]c2ccc(Br)cc12)C(=O)NCCCc1ccccc1. The molecule has 2 N–H and O–H groups in total. The summed E-state index contributed by atoms with van der Waals surface area (Å²) in [6.45, 7) is 0.534. The highest BCUT2D eigenvalue weighted by molar-refractivity contribution is 9.10. The van der Waals surface area contributed by atoms with Gasteiger partial charge in [0.25, 0.3) is 5.91 Å². The standard InChI is InChI=1S/C21H18BrN3O/c22-18-8-9-20-19(12-18)17(14-25-20)11-16(13-23)21(26)24-10-4-7-15-5-2-1-3-6-15/h1-3,5-6,8-9,11-12,14,25H,4,7,10H2,(H,24,26)/b16-11-. The second kappa shape index (κ2) is 8.50. The number of nitrogens with zero attached hydrogens (tertiary/aromatic N) is 1. The Bertz CT molecular complexity index is 983. The molecule has 1 aromatic heterocycles. The van der Waals surface area contributed by atoms with E-state index in [0.717, 1.165) is 33.8 Å². The fraction of sp³-hybridized carbons (Fsp3) is 0.143. The van der Waals surface area contributed by atoms with Crippen LogP contribution in [-0.2, 0) is 11.2 Å². The molecule has 0 bridgehead atoms. The molecular formula is C21H18BrN3O. The van der Waals surface area contributed by atoms with Crippen LogP contribution >= 0.6 is 15.9 Å². The minimum atomic E-state index is -0.343. The van der Waals surface area contributed by atoms with Crippen molar-refractivity contribution in [3.63, 3.8) is 0 Å². The summed E-state index contributed by atoms with van der Waals surface area (Å²) in [7, 11) is 0. The summed E-state index contributed by atoms with van der Waals surface area (Å²) in [5, 5.41) is 13.1. The monoisotopic (exact) mass is 407 g/mol. The van der Waals surface area contributed by atoms with Crippen LogP contribution in [0.1, 0.15) is 17.5 Å². The summed E-state index contributed by atoms with van der Waals surface area (Å²) >= 11 is 3.45. The highest BCUT2D eigenvalue weighted by Gasteiger charge is 2.10. The Morgan fingerprint density at radius 3 is 2.81 bits per heavy atom. The molecule has 0 atom stereocenters. The molecule has 0 spiro atoms. The van der Waals surface area contributed by atoms with Gasteiger partial charge in [0, 0.05) is 33.7 Å². The van der Waals surface area contributed by atoms with Gasteiger partial charge in [-0.2, -0.15) is 5.26 Å². The molecule has 1 amide bonds. The largest absolute Gasteiger partial charge is 0.361 e. The number of aromatic nitrogens is 1. The Kier molecular flexibility index (Phi) is 5.88. The minimum Gasteiger partial charge on any atom is -0.361 e. The number of hydrogen-bond donors (Lipinski definition) is 2. The van der Waals surface area contributed by atoms with E-state index < -0.39 is 0 Å². The van der Waals surface area contributed by atoms with Crippen molar-refractivity contribution in [3.8, 4) is 6.07 Å². The van der Waals surface area contributed by atoms with Gasteiger partial charge in [-0.05, 0) is 42.7 Å². The number of H-pyrrole nitrogens is 1. The van der Waals surface area contributed by atoms with Gasteiger partial charge < -0.3 is 10.3 Å². The van der Waals surface area contributed by atoms with Crippen LogP contribution in [0.15, 0.2) is 64.8 Å². The van der Waals surface area contributed by atoms with Gasteiger partial charge in [-0.15, -0.1) is 0 Å². The van der Waals surface area contributed by atoms with E-state index in [1.165, 1.54) is 5.56 Å². The molecule has 0 saturated carbocycles. The van der Waals surface area contributed by atoms with Crippen LogP contribution in [0, 0.1) is 11.3 Å². The van der Waals surface area contributed by atoms with Crippen LogP contribution in [0.25, 0.3) is 17.0 Å². The molecule has 0 aliphatic rings. The second-order valence-corrected chi connectivity index (χ2v) is 6.86. The molecular weight excluding hydrogens is 390 g/mol. The normalized spacial score (nSPS) is 11.3. The summed E-state index contributed by atoms with van der Waals surface area (Å²) in [6, 6.07) is 18.0. The van der Waals surface area contributed by atoms with Gasteiger partial charge in [0.15, 0.2) is 0 Å². The molecule has 3 aromatic rings. The van der Waals surface area contributed by atoms with Gasteiger partial charge >= 0.3 is 0 Å². The maximum atomic E-state index is 12.3. The molecule has 1 heterocycles. The number of carbonyl (C=O) groups is 1. The number of nitrogens with one attached hydrogen (secondary N) is 2. The Morgan fingerprint density at radius 2 is 2.04 bits per heavy atom. The predicted octanol–water partition coefficient (Wildman–Crippen LogP) is 4.59. The van der Waals surface area contributed by atoms with Crippen molar-refractivity contribution in [2.45, 2.75) is 12.8 Å². The number of halogens is 1. The van der Waals surface area contributed by atoms with Crippen LogP contribution in [0.3, 0.4) is 0 Å². The van der Waals surface area contributed by atoms with E-state index in [1.807, 2.05) is 42.5 Å². The molecule has 3 rings (SSSR count). The van der Waals surface area contributed by atoms with E-state index >= 15 is 0 Å². The zero-order valence-corrected chi connectivity index (χ0v) is 15.7. The third kappa shape index (κ3) is 4.41. The van der Waals surface area contributed by atoms with Crippen molar-refractivity contribution < 1.29 is 4.79 Å². The van der Waals surface area contributed by atoms with Crippen molar-refractivity contribution in [1.82, 2.24) is 10.3 Å². The van der Waals surface area contributed by atoms with E-state index in [2.05, 4.69) is 38.4 Å². The van der Waals surface area contributed by atoms with Crippen LogP contribution in [0.2, 0.25) is 0 Å². The number of amides is 1. The second-order valence-electron chi connectivity index (χ2n) is 5.95. The summed E-state index contributed by atoms with van der Waals surface area (Å²) in [5.41, 5.74) is 3.12. The third-order valence-electron chi connectivity index (χ3n) is 4.11. The highest BCUT2D eigenvalue weighted by atomic mass is 79.9. The van der Waals surface area contributed by atoms with Gasteiger partial charge in [-0.3, -0.25) is 4.79 Å². The minimum absolute atomic E-state index is 0.102. The topological polar surface area (TPSA) is 68.7 Å². The zero-order chi connectivity index (χ0) is 18.4. The summed E-state index contributed by atoms with van der Waals surface area (Å²) < 4.78 is 0.947. The van der Waals surface area contributed by atoms with Crippen LogP contribution in [-0.4, -0.2) is 17.4 Å². The van der Waals surface area contributed by atoms with Gasteiger partial charge in [0.2, 0.25) is 0 Å². The number of benzene rings is 2. The van der Waals surface area contributed by atoms with Crippen LogP contribution < -0.4 is 5.32 Å². The maximum Gasteiger partial charge on any atom is 0.261 e. The number of hydrogen-bond acceptors (Lipinski definition) is 2. The first-order chi connectivity index (χ1) is 12.7. The Labute approximate surface area is 160 Å². The van der Waals surface area contributed by atoms with Gasteiger partial charge in [0.1, 0.15) is 11.6 Å². The van der Waals surface area contributed by atoms with Crippen molar-refractivity contribution in [2.24, 2.45) is 0 Å². The fourth-order valence-corrected chi connectivity index (χ4v) is 3.13. The summed E-state index contributed by atoms with van der Waals surface area (Å²) in [5.74, 6) is -0.343. The number of rotatable bonds is 6. The highest BCUT2D eigenvalue weighted by Crippen LogP contribution is 2.24. The van der Waals surface area contributed by atoms with Crippen LogP contribution in [0.5, 0.6) is 0 Å². The first-order valence-corrected chi connectivity index (χ1v) is 9.17. The lowest BCUT2D eigenvalue weighted by atomic mass is 10.1. The fourth-order valence-electron chi connectivity index (χ4n) is 2.77. The van der Waals surface area contributed by atoms with E-state index in [1.54, 1.807) is 12.3 Å². The molecule has 4 nitrogen and oxygen atoms in total. The maximum absolute atomic E-state index is 12.3. The molecule has 130 valence electrons. The third-order valence-corrected chi connectivity index (χ3v) is 4.60. The average Bonchev–Trinajstić information content (AvgIpc) is 3.05. The number of nitriles is 1. The van der Waals surface area contributed by atoms with E-state index in [-0.39, 0.29) is 11.5 Å².